The molecule has 0 heterocycles. The van der Waals surface area contributed by atoms with Gasteiger partial charge in [-0.25, -0.2) is 0 Å². The molecule has 1 rings (SSSR count). The number of allylic oxidation sites excluding steroid dienone is 1. The zero-order chi connectivity index (χ0) is 12.0. The van der Waals surface area contributed by atoms with E-state index in [0.29, 0.717) is 16.8 Å². The number of hydrogen-bond acceptors (Lipinski definition) is 2. The van der Waals surface area contributed by atoms with Crippen LogP contribution in [-0.4, -0.2) is 13.2 Å². The van der Waals surface area contributed by atoms with E-state index >= 15 is 0 Å². The molecular formula is C13H18ClNO. The molecule has 3 heteroatoms. The third kappa shape index (κ3) is 3.78. The highest BCUT2D eigenvalue weighted by Gasteiger charge is 2.04. The lowest BCUT2D eigenvalue weighted by atomic mass is 10.1. The number of halogens is 1. The van der Waals surface area contributed by atoms with Gasteiger partial charge < -0.3 is 10.1 Å². The minimum atomic E-state index is 0.406. The molecule has 88 valence electrons. The summed E-state index contributed by atoms with van der Waals surface area (Å²) in [6, 6.07) is 6.11. The lowest BCUT2D eigenvalue weighted by Crippen LogP contribution is -2.14. The summed E-state index contributed by atoms with van der Waals surface area (Å²) >= 11 is 5.95. The van der Waals surface area contributed by atoms with Crippen molar-refractivity contribution in [3.05, 3.63) is 35.9 Å². The fourth-order valence-corrected chi connectivity index (χ4v) is 1.67. The van der Waals surface area contributed by atoms with Crippen LogP contribution in [0.5, 0.6) is 5.75 Å². The molecule has 0 saturated heterocycles. The monoisotopic (exact) mass is 239 g/mol. The molecule has 0 amide bonds. The number of benzene rings is 1. The zero-order valence-corrected chi connectivity index (χ0v) is 10.6. The van der Waals surface area contributed by atoms with Gasteiger partial charge in [0.1, 0.15) is 5.75 Å². The lowest BCUT2D eigenvalue weighted by molar-refractivity contribution is 0.415. The van der Waals surface area contributed by atoms with Crippen molar-refractivity contribution >= 4 is 17.3 Å². The smallest absolute Gasteiger partial charge is 0.139 e. The van der Waals surface area contributed by atoms with Crippen molar-refractivity contribution in [1.29, 1.82) is 0 Å². The molecule has 0 radical (unpaired) electrons. The van der Waals surface area contributed by atoms with Gasteiger partial charge in [-0.05, 0) is 31.9 Å². The molecule has 0 fully saturated rings. The van der Waals surface area contributed by atoms with E-state index in [2.05, 4.69) is 18.8 Å². The van der Waals surface area contributed by atoms with Gasteiger partial charge in [0, 0.05) is 17.8 Å². The van der Waals surface area contributed by atoms with Crippen LogP contribution < -0.4 is 10.1 Å². The highest BCUT2D eigenvalue weighted by Crippen LogP contribution is 2.27. The highest BCUT2D eigenvalue weighted by atomic mass is 35.5. The van der Waals surface area contributed by atoms with Crippen LogP contribution >= 0.6 is 11.6 Å². The Kier molecular flexibility index (Phi) is 5.20. The summed E-state index contributed by atoms with van der Waals surface area (Å²) in [5.41, 5.74) is 1.03. The van der Waals surface area contributed by atoms with E-state index in [1.807, 2.05) is 24.3 Å². The minimum absolute atomic E-state index is 0.406. The Labute approximate surface area is 102 Å². The first kappa shape index (κ1) is 12.9. The maximum Gasteiger partial charge on any atom is 0.139 e. The van der Waals surface area contributed by atoms with Gasteiger partial charge >= 0.3 is 0 Å². The van der Waals surface area contributed by atoms with E-state index in [1.165, 1.54) is 0 Å². The Morgan fingerprint density at radius 2 is 2.31 bits per heavy atom. The molecule has 1 aromatic rings. The Hall–Kier alpha value is -1.15. The molecule has 1 unspecified atom stereocenters. The fraction of sp³-hybridized carbons (Fsp3) is 0.385. The van der Waals surface area contributed by atoms with Crippen LogP contribution in [0, 0.1) is 0 Å². The van der Waals surface area contributed by atoms with E-state index in [0.717, 1.165) is 18.5 Å². The van der Waals surface area contributed by atoms with Crippen LogP contribution in [0.2, 0.25) is 5.02 Å². The molecule has 0 aliphatic rings. The summed E-state index contributed by atoms with van der Waals surface area (Å²) in [6.07, 6.45) is 4.01. The molecule has 1 aromatic carbocycles. The van der Waals surface area contributed by atoms with Gasteiger partial charge in [-0.2, -0.15) is 0 Å². The largest absolute Gasteiger partial charge is 0.495 e. The Balaban J connectivity index is 2.63. The molecule has 1 atom stereocenters. The van der Waals surface area contributed by atoms with E-state index in [-0.39, 0.29) is 0 Å². The standard InChI is InChI=1S/C13H18ClNO/c1-4-5-6-10(2)15-11-7-8-12(14)13(9-11)16-3/h4,7-10,15H,1,5-6H2,2-3H3. The predicted octanol–water partition coefficient (Wildman–Crippen LogP) is 4.12. The van der Waals surface area contributed by atoms with Gasteiger partial charge in [0.2, 0.25) is 0 Å². The molecule has 0 saturated carbocycles. The molecule has 0 bridgehead atoms. The Morgan fingerprint density at radius 3 is 2.94 bits per heavy atom. The summed E-state index contributed by atoms with van der Waals surface area (Å²) in [6.45, 7) is 5.86. The summed E-state index contributed by atoms with van der Waals surface area (Å²) < 4.78 is 5.16. The van der Waals surface area contributed by atoms with Gasteiger partial charge in [0.15, 0.2) is 0 Å². The van der Waals surface area contributed by atoms with Crippen molar-refractivity contribution in [1.82, 2.24) is 0 Å². The molecular weight excluding hydrogens is 222 g/mol. The third-order valence-corrected chi connectivity index (χ3v) is 2.68. The van der Waals surface area contributed by atoms with Crippen molar-refractivity contribution in [2.45, 2.75) is 25.8 Å². The second-order valence-electron chi connectivity index (χ2n) is 3.76. The van der Waals surface area contributed by atoms with Gasteiger partial charge in [-0.3, -0.25) is 0 Å². The van der Waals surface area contributed by atoms with Crippen molar-refractivity contribution < 1.29 is 4.74 Å². The molecule has 16 heavy (non-hydrogen) atoms. The van der Waals surface area contributed by atoms with Crippen LogP contribution in [0.25, 0.3) is 0 Å². The van der Waals surface area contributed by atoms with Crippen LogP contribution in [0.15, 0.2) is 30.9 Å². The lowest BCUT2D eigenvalue weighted by Gasteiger charge is -2.15. The van der Waals surface area contributed by atoms with E-state index in [1.54, 1.807) is 7.11 Å². The number of rotatable bonds is 6. The van der Waals surface area contributed by atoms with Crippen LogP contribution in [0.4, 0.5) is 5.69 Å². The second kappa shape index (κ2) is 6.44. The normalized spacial score (nSPS) is 11.9. The number of ether oxygens (including phenoxy) is 1. The quantitative estimate of drug-likeness (QED) is 0.755. The first-order valence-electron chi connectivity index (χ1n) is 5.38. The van der Waals surface area contributed by atoms with Crippen LogP contribution in [0.3, 0.4) is 0 Å². The first-order valence-corrected chi connectivity index (χ1v) is 5.76. The van der Waals surface area contributed by atoms with Crippen molar-refractivity contribution in [3.8, 4) is 5.75 Å². The number of hydrogen-bond donors (Lipinski definition) is 1. The summed E-state index contributed by atoms with van der Waals surface area (Å²) in [5.74, 6) is 0.697. The zero-order valence-electron chi connectivity index (χ0n) is 9.79. The van der Waals surface area contributed by atoms with Crippen LogP contribution in [0.1, 0.15) is 19.8 Å². The van der Waals surface area contributed by atoms with E-state index in [4.69, 9.17) is 16.3 Å². The Bertz CT molecular complexity index is 352. The summed E-state index contributed by atoms with van der Waals surface area (Å²) in [7, 11) is 1.62. The van der Waals surface area contributed by atoms with E-state index in [9.17, 15) is 0 Å². The molecule has 0 aromatic heterocycles. The van der Waals surface area contributed by atoms with Gasteiger partial charge in [0.25, 0.3) is 0 Å². The second-order valence-corrected chi connectivity index (χ2v) is 4.17. The van der Waals surface area contributed by atoms with Crippen molar-refractivity contribution in [2.75, 3.05) is 12.4 Å². The fourth-order valence-electron chi connectivity index (χ4n) is 1.47. The predicted molar refractivity (Wildman–Crippen MR) is 70.5 cm³/mol. The number of anilines is 1. The average molecular weight is 240 g/mol. The highest BCUT2D eigenvalue weighted by molar-refractivity contribution is 6.32. The molecule has 2 nitrogen and oxygen atoms in total. The summed E-state index contributed by atoms with van der Waals surface area (Å²) in [4.78, 5) is 0. The first-order chi connectivity index (χ1) is 7.67. The molecule has 0 spiro atoms. The molecule has 1 N–H and O–H groups in total. The van der Waals surface area contributed by atoms with Crippen molar-refractivity contribution in [3.63, 3.8) is 0 Å². The topological polar surface area (TPSA) is 21.3 Å². The SMILES string of the molecule is C=CCCC(C)Nc1ccc(Cl)c(OC)c1. The number of nitrogens with one attached hydrogen (secondary N) is 1. The van der Waals surface area contributed by atoms with E-state index < -0.39 is 0 Å². The summed E-state index contributed by atoms with van der Waals surface area (Å²) in [5, 5.41) is 4.02. The van der Waals surface area contributed by atoms with Gasteiger partial charge in [-0.1, -0.05) is 17.7 Å². The van der Waals surface area contributed by atoms with Crippen molar-refractivity contribution in [2.24, 2.45) is 0 Å². The number of methoxy groups -OCH3 is 1. The van der Waals surface area contributed by atoms with Gasteiger partial charge in [-0.15, -0.1) is 6.58 Å². The van der Waals surface area contributed by atoms with Crippen LogP contribution in [-0.2, 0) is 0 Å². The maximum absolute atomic E-state index is 5.95. The third-order valence-electron chi connectivity index (χ3n) is 2.37. The minimum Gasteiger partial charge on any atom is -0.495 e. The molecule has 0 aliphatic heterocycles. The Morgan fingerprint density at radius 1 is 1.56 bits per heavy atom. The molecule has 0 aliphatic carbocycles. The maximum atomic E-state index is 5.95. The van der Waals surface area contributed by atoms with Gasteiger partial charge in [0.05, 0.1) is 12.1 Å². The average Bonchev–Trinajstić information content (AvgIpc) is 2.29.